The molecule has 27 heavy (non-hydrogen) atoms. The number of rotatable bonds is 3. The van der Waals surface area contributed by atoms with Crippen LogP contribution < -0.4 is 0 Å². The third-order valence-corrected chi connectivity index (χ3v) is 5.52. The van der Waals surface area contributed by atoms with Gasteiger partial charge in [0, 0.05) is 22.0 Å². The molecule has 1 aromatic heterocycles. The highest BCUT2D eigenvalue weighted by Crippen LogP contribution is 2.34. The molecule has 0 aliphatic rings. The smallest absolute Gasteiger partial charge is 0.227 e. The summed E-state index contributed by atoms with van der Waals surface area (Å²) in [6.07, 6.45) is 0.827. The summed E-state index contributed by atoms with van der Waals surface area (Å²) in [4.78, 5) is 4.78. The molecule has 5 aromatic rings. The normalized spacial score (nSPS) is 11.3. The molecule has 2 nitrogen and oxygen atoms in total. The van der Waals surface area contributed by atoms with E-state index in [1.165, 1.54) is 5.56 Å². The molecule has 1 heterocycles. The van der Waals surface area contributed by atoms with Crippen LogP contribution >= 0.6 is 15.9 Å². The third kappa shape index (κ3) is 2.94. The van der Waals surface area contributed by atoms with Gasteiger partial charge in [-0.15, -0.1) is 0 Å². The first-order valence-electron chi connectivity index (χ1n) is 8.89. The topological polar surface area (TPSA) is 26.0 Å². The number of hydrogen-bond acceptors (Lipinski definition) is 2. The molecule has 0 radical (unpaired) electrons. The molecular formula is C24H16BrNO. The number of oxazole rings is 1. The fourth-order valence-electron chi connectivity index (χ4n) is 3.53. The second-order valence-electron chi connectivity index (χ2n) is 6.59. The van der Waals surface area contributed by atoms with Crippen molar-refractivity contribution in [1.29, 1.82) is 0 Å². The van der Waals surface area contributed by atoms with E-state index in [1.54, 1.807) is 0 Å². The molecular weight excluding hydrogens is 398 g/mol. The molecule has 4 aromatic carbocycles. The molecule has 0 N–H and O–H groups in total. The van der Waals surface area contributed by atoms with Crippen LogP contribution in [-0.2, 0) is 6.42 Å². The van der Waals surface area contributed by atoms with Crippen LogP contribution in [0.2, 0.25) is 0 Å². The maximum atomic E-state index is 6.28. The molecule has 0 saturated carbocycles. The van der Waals surface area contributed by atoms with Gasteiger partial charge in [-0.05, 0) is 34.5 Å². The van der Waals surface area contributed by atoms with E-state index < -0.39 is 0 Å². The van der Waals surface area contributed by atoms with Crippen LogP contribution in [0.5, 0.6) is 0 Å². The van der Waals surface area contributed by atoms with Crippen LogP contribution in [0.1, 0.15) is 11.1 Å². The summed E-state index contributed by atoms with van der Waals surface area (Å²) < 4.78 is 7.35. The van der Waals surface area contributed by atoms with Crippen LogP contribution in [0.15, 0.2) is 93.8 Å². The van der Waals surface area contributed by atoms with Gasteiger partial charge in [0.15, 0.2) is 5.58 Å². The minimum absolute atomic E-state index is 0.661. The summed E-state index contributed by atoms with van der Waals surface area (Å²) in [5.74, 6) is 0.661. The van der Waals surface area contributed by atoms with Crippen molar-refractivity contribution in [2.75, 3.05) is 0 Å². The number of halogens is 1. The van der Waals surface area contributed by atoms with Crippen LogP contribution in [0.25, 0.3) is 33.3 Å². The Morgan fingerprint density at radius 2 is 1.52 bits per heavy atom. The molecule has 0 amide bonds. The average molecular weight is 414 g/mol. The molecule has 0 bridgehead atoms. The van der Waals surface area contributed by atoms with Gasteiger partial charge >= 0.3 is 0 Å². The van der Waals surface area contributed by atoms with Gasteiger partial charge in [-0.3, -0.25) is 0 Å². The molecule has 3 heteroatoms. The molecule has 0 saturated heterocycles. The van der Waals surface area contributed by atoms with Crippen LogP contribution in [0.4, 0.5) is 0 Å². The highest BCUT2D eigenvalue weighted by atomic mass is 79.9. The minimum atomic E-state index is 0.661. The molecule has 0 aliphatic carbocycles. The zero-order chi connectivity index (χ0) is 18.2. The monoisotopic (exact) mass is 413 g/mol. The van der Waals surface area contributed by atoms with Crippen molar-refractivity contribution < 1.29 is 4.42 Å². The van der Waals surface area contributed by atoms with Gasteiger partial charge in [-0.1, -0.05) is 82.7 Å². The summed E-state index contributed by atoms with van der Waals surface area (Å²) in [5.41, 5.74) is 5.18. The Hall–Kier alpha value is -2.91. The maximum absolute atomic E-state index is 6.28. The number of hydrogen-bond donors (Lipinski definition) is 0. The van der Waals surface area contributed by atoms with Crippen molar-refractivity contribution in [3.8, 4) is 11.5 Å². The molecule has 0 unspecified atom stereocenters. The van der Waals surface area contributed by atoms with Crippen LogP contribution in [-0.4, -0.2) is 4.98 Å². The Bertz CT molecular complexity index is 1260. The Labute approximate surface area is 165 Å². The van der Waals surface area contributed by atoms with Crippen LogP contribution in [0.3, 0.4) is 0 Å². The van der Waals surface area contributed by atoms with Crippen molar-refractivity contribution in [1.82, 2.24) is 4.98 Å². The maximum Gasteiger partial charge on any atom is 0.227 e. The first-order valence-corrected chi connectivity index (χ1v) is 9.69. The van der Waals surface area contributed by atoms with Gasteiger partial charge in [0.25, 0.3) is 0 Å². The molecule has 5 rings (SSSR count). The number of benzene rings is 4. The second-order valence-corrected chi connectivity index (χ2v) is 7.44. The minimum Gasteiger partial charge on any atom is -0.436 e. The van der Waals surface area contributed by atoms with Gasteiger partial charge in [0.05, 0.1) is 0 Å². The van der Waals surface area contributed by atoms with Gasteiger partial charge in [-0.25, -0.2) is 4.98 Å². The van der Waals surface area contributed by atoms with Gasteiger partial charge in [0.1, 0.15) is 5.52 Å². The zero-order valence-electron chi connectivity index (χ0n) is 14.5. The summed E-state index contributed by atoms with van der Waals surface area (Å²) in [5, 5.41) is 2.28. The lowest BCUT2D eigenvalue weighted by molar-refractivity contribution is 0.617. The summed E-state index contributed by atoms with van der Waals surface area (Å²) in [7, 11) is 0. The van der Waals surface area contributed by atoms with E-state index in [-0.39, 0.29) is 0 Å². The number of fused-ring (bicyclic) bond motifs is 2. The highest BCUT2D eigenvalue weighted by Gasteiger charge is 2.14. The molecule has 0 fully saturated rings. The van der Waals surface area contributed by atoms with E-state index >= 15 is 0 Å². The summed E-state index contributed by atoms with van der Waals surface area (Å²) in [6.45, 7) is 0. The largest absolute Gasteiger partial charge is 0.436 e. The van der Waals surface area contributed by atoms with E-state index in [9.17, 15) is 0 Å². The van der Waals surface area contributed by atoms with Crippen molar-refractivity contribution in [2.45, 2.75) is 6.42 Å². The quantitative estimate of drug-likeness (QED) is 0.318. The number of aromatic nitrogens is 1. The average Bonchev–Trinajstić information content (AvgIpc) is 3.14. The lowest BCUT2D eigenvalue weighted by Crippen LogP contribution is -1.87. The predicted molar refractivity (Wildman–Crippen MR) is 114 cm³/mol. The highest BCUT2D eigenvalue weighted by molar-refractivity contribution is 9.10. The number of para-hydroxylation sites is 1. The van der Waals surface area contributed by atoms with Gasteiger partial charge < -0.3 is 4.42 Å². The van der Waals surface area contributed by atoms with E-state index in [0.29, 0.717) is 5.89 Å². The summed E-state index contributed by atoms with van der Waals surface area (Å²) in [6, 6.07) is 29.0. The van der Waals surface area contributed by atoms with Crippen LogP contribution in [0, 0.1) is 0 Å². The van der Waals surface area contributed by atoms with E-state index in [1.807, 2.05) is 30.3 Å². The standard InChI is InChI=1S/C24H16BrNO/c25-21-13-6-10-18-19(21)11-5-12-20(18)24-26-22-14-4-9-17(23(22)27-24)15-16-7-2-1-3-8-16/h1-14H,15H2. The Morgan fingerprint density at radius 3 is 2.41 bits per heavy atom. The first kappa shape index (κ1) is 16.3. The summed E-state index contributed by atoms with van der Waals surface area (Å²) >= 11 is 3.64. The Kier molecular flexibility index (Phi) is 4.02. The Balaban J connectivity index is 1.66. The van der Waals surface area contributed by atoms with E-state index in [4.69, 9.17) is 9.40 Å². The van der Waals surface area contributed by atoms with E-state index in [2.05, 4.69) is 70.5 Å². The van der Waals surface area contributed by atoms with Crippen molar-refractivity contribution in [3.63, 3.8) is 0 Å². The molecule has 0 aliphatic heterocycles. The second kappa shape index (κ2) is 6.67. The van der Waals surface area contributed by atoms with Gasteiger partial charge in [-0.2, -0.15) is 0 Å². The van der Waals surface area contributed by atoms with Crippen molar-refractivity contribution in [2.24, 2.45) is 0 Å². The lowest BCUT2D eigenvalue weighted by Gasteiger charge is -2.04. The van der Waals surface area contributed by atoms with E-state index in [0.717, 1.165) is 43.9 Å². The lowest BCUT2D eigenvalue weighted by atomic mass is 10.0. The van der Waals surface area contributed by atoms with Crippen molar-refractivity contribution >= 4 is 37.8 Å². The fourth-order valence-corrected chi connectivity index (χ4v) is 4.03. The Morgan fingerprint density at radius 1 is 0.741 bits per heavy atom. The molecule has 0 spiro atoms. The third-order valence-electron chi connectivity index (χ3n) is 4.83. The first-order chi connectivity index (χ1) is 13.3. The zero-order valence-corrected chi connectivity index (χ0v) is 16.1. The molecule has 130 valence electrons. The van der Waals surface area contributed by atoms with Crippen molar-refractivity contribution in [3.05, 3.63) is 101 Å². The SMILES string of the molecule is Brc1cccc2c(-c3nc4cccc(Cc5ccccc5)c4o3)cccc12. The predicted octanol–water partition coefficient (Wildman–Crippen LogP) is 7.00. The number of nitrogens with zero attached hydrogens (tertiary/aromatic N) is 1. The van der Waals surface area contributed by atoms with Gasteiger partial charge in [0.2, 0.25) is 5.89 Å². The fraction of sp³-hybridized carbons (Fsp3) is 0.0417. The molecule has 0 atom stereocenters.